The molecule has 112 valence electrons. The highest BCUT2D eigenvalue weighted by Crippen LogP contribution is 2.33. The zero-order valence-electron chi connectivity index (χ0n) is 13.3. The van der Waals surface area contributed by atoms with E-state index in [-0.39, 0.29) is 6.04 Å². The molecule has 0 bridgehead atoms. The molecule has 0 heterocycles. The summed E-state index contributed by atoms with van der Waals surface area (Å²) in [6.07, 6.45) is 11.8. The molecule has 1 atom stereocenters. The van der Waals surface area contributed by atoms with E-state index in [4.69, 9.17) is 5.73 Å². The van der Waals surface area contributed by atoms with Gasteiger partial charge in [0.25, 0.3) is 0 Å². The van der Waals surface area contributed by atoms with Crippen LogP contribution in [-0.2, 0) is 12.8 Å². The molecule has 0 aliphatic heterocycles. The van der Waals surface area contributed by atoms with E-state index in [0.717, 1.165) is 12.8 Å². The summed E-state index contributed by atoms with van der Waals surface area (Å²) in [5, 5.41) is 0. The summed E-state index contributed by atoms with van der Waals surface area (Å²) in [5.41, 5.74) is 11.0. The van der Waals surface area contributed by atoms with Gasteiger partial charge < -0.3 is 5.73 Å². The van der Waals surface area contributed by atoms with E-state index in [1.165, 1.54) is 61.6 Å². The minimum absolute atomic E-state index is 0.245. The largest absolute Gasteiger partial charge is 0.324 e. The monoisotopic (exact) mass is 273 g/mol. The first-order valence-electron chi connectivity index (χ1n) is 8.63. The average Bonchev–Trinajstić information content (AvgIpc) is 2.45. The smallest absolute Gasteiger partial charge is 0.0326 e. The Balaban J connectivity index is 2.18. The van der Waals surface area contributed by atoms with Gasteiger partial charge in [-0.2, -0.15) is 0 Å². The summed E-state index contributed by atoms with van der Waals surface area (Å²) < 4.78 is 0. The van der Waals surface area contributed by atoms with Crippen molar-refractivity contribution in [3.8, 4) is 0 Å². The Morgan fingerprint density at radius 1 is 1.00 bits per heavy atom. The molecule has 1 aliphatic carbocycles. The molecule has 0 amide bonds. The van der Waals surface area contributed by atoms with Gasteiger partial charge in [-0.25, -0.2) is 0 Å². The van der Waals surface area contributed by atoms with Crippen LogP contribution in [0.3, 0.4) is 0 Å². The van der Waals surface area contributed by atoms with Crippen LogP contribution in [0.5, 0.6) is 0 Å². The van der Waals surface area contributed by atoms with Gasteiger partial charge >= 0.3 is 0 Å². The Morgan fingerprint density at radius 2 is 1.65 bits per heavy atom. The Labute approximate surface area is 125 Å². The van der Waals surface area contributed by atoms with E-state index in [1.807, 2.05) is 0 Å². The Bertz CT molecular complexity index is 402. The SMILES string of the molecule is CCc1ccc(CC)c(C(N)C2CCCCCCC2)c1. The molecule has 2 rings (SSSR count). The van der Waals surface area contributed by atoms with Crippen molar-refractivity contribution < 1.29 is 0 Å². The number of aryl methyl sites for hydroxylation is 2. The van der Waals surface area contributed by atoms with Gasteiger partial charge in [-0.05, 0) is 48.3 Å². The second-order valence-electron chi connectivity index (χ2n) is 6.37. The van der Waals surface area contributed by atoms with Crippen LogP contribution in [0.2, 0.25) is 0 Å². The van der Waals surface area contributed by atoms with Gasteiger partial charge in [0, 0.05) is 6.04 Å². The fraction of sp³-hybridized carbons (Fsp3) is 0.684. The van der Waals surface area contributed by atoms with E-state index in [2.05, 4.69) is 32.0 Å². The van der Waals surface area contributed by atoms with Gasteiger partial charge in [0.1, 0.15) is 0 Å². The average molecular weight is 273 g/mol. The van der Waals surface area contributed by atoms with Crippen LogP contribution in [0.1, 0.15) is 81.5 Å². The summed E-state index contributed by atoms with van der Waals surface area (Å²) in [5.74, 6) is 0.688. The molecule has 0 saturated heterocycles. The lowest BCUT2D eigenvalue weighted by atomic mass is 9.81. The fourth-order valence-corrected chi connectivity index (χ4v) is 3.60. The Kier molecular flexibility index (Phi) is 6.09. The number of hydrogen-bond donors (Lipinski definition) is 1. The quantitative estimate of drug-likeness (QED) is 0.804. The summed E-state index contributed by atoms with van der Waals surface area (Å²) in [6, 6.07) is 7.20. The molecule has 1 aromatic rings. The predicted molar refractivity (Wildman–Crippen MR) is 87.9 cm³/mol. The number of nitrogens with two attached hydrogens (primary N) is 1. The third kappa shape index (κ3) is 3.85. The molecule has 0 spiro atoms. The topological polar surface area (TPSA) is 26.0 Å². The molecule has 1 saturated carbocycles. The molecule has 1 aromatic carbocycles. The van der Waals surface area contributed by atoms with E-state index >= 15 is 0 Å². The van der Waals surface area contributed by atoms with Crippen LogP contribution in [0.4, 0.5) is 0 Å². The molecule has 1 heteroatoms. The third-order valence-corrected chi connectivity index (χ3v) is 5.02. The lowest BCUT2D eigenvalue weighted by Gasteiger charge is -2.28. The molecule has 1 fully saturated rings. The molecular weight excluding hydrogens is 242 g/mol. The van der Waals surface area contributed by atoms with E-state index < -0.39 is 0 Å². The van der Waals surface area contributed by atoms with Crippen LogP contribution in [-0.4, -0.2) is 0 Å². The van der Waals surface area contributed by atoms with Crippen molar-refractivity contribution in [2.24, 2.45) is 11.7 Å². The number of rotatable bonds is 4. The number of benzene rings is 1. The maximum atomic E-state index is 6.69. The van der Waals surface area contributed by atoms with Crippen molar-refractivity contribution in [3.05, 3.63) is 34.9 Å². The van der Waals surface area contributed by atoms with Crippen LogP contribution >= 0.6 is 0 Å². The lowest BCUT2D eigenvalue weighted by Crippen LogP contribution is -2.23. The number of hydrogen-bond acceptors (Lipinski definition) is 1. The maximum absolute atomic E-state index is 6.69. The molecule has 0 aromatic heterocycles. The second kappa shape index (κ2) is 7.83. The summed E-state index contributed by atoms with van der Waals surface area (Å²) in [4.78, 5) is 0. The van der Waals surface area contributed by atoms with Gasteiger partial charge in [0.2, 0.25) is 0 Å². The third-order valence-electron chi connectivity index (χ3n) is 5.02. The highest BCUT2D eigenvalue weighted by atomic mass is 14.7. The zero-order valence-corrected chi connectivity index (χ0v) is 13.3. The van der Waals surface area contributed by atoms with Crippen molar-refractivity contribution in [3.63, 3.8) is 0 Å². The second-order valence-corrected chi connectivity index (χ2v) is 6.37. The zero-order chi connectivity index (χ0) is 14.4. The minimum atomic E-state index is 0.245. The molecule has 1 aliphatic rings. The van der Waals surface area contributed by atoms with Crippen molar-refractivity contribution >= 4 is 0 Å². The van der Waals surface area contributed by atoms with E-state index in [1.54, 1.807) is 0 Å². The first-order valence-corrected chi connectivity index (χ1v) is 8.63. The molecule has 1 unspecified atom stereocenters. The predicted octanol–water partition coefficient (Wildman–Crippen LogP) is 5.17. The van der Waals surface area contributed by atoms with Crippen LogP contribution in [0, 0.1) is 5.92 Å². The summed E-state index contributed by atoms with van der Waals surface area (Å²) >= 11 is 0. The van der Waals surface area contributed by atoms with Crippen molar-refractivity contribution in [1.82, 2.24) is 0 Å². The van der Waals surface area contributed by atoms with Crippen molar-refractivity contribution in [2.75, 3.05) is 0 Å². The van der Waals surface area contributed by atoms with Gasteiger partial charge in [0.15, 0.2) is 0 Å². The minimum Gasteiger partial charge on any atom is -0.324 e. The molecular formula is C19H31N. The highest BCUT2D eigenvalue weighted by Gasteiger charge is 2.22. The summed E-state index contributed by atoms with van der Waals surface area (Å²) in [6.45, 7) is 4.47. The Morgan fingerprint density at radius 3 is 2.25 bits per heavy atom. The first kappa shape index (κ1) is 15.6. The van der Waals surface area contributed by atoms with E-state index in [9.17, 15) is 0 Å². The maximum Gasteiger partial charge on any atom is 0.0326 e. The normalized spacial score (nSPS) is 19.4. The highest BCUT2D eigenvalue weighted by molar-refractivity contribution is 5.35. The van der Waals surface area contributed by atoms with Gasteiger partial charge in [-0.3, -0.25) is 0 Å². The van der Waals surface area contributed by atoms with Gasteiger partial charge in [-0.15, -0.1) is 0 Å². The molecule has 0 radical (unpaired) electrons. The molecule has 20 heavy (non-hydrogen) atoms. The fourth-order valence-electron chi connectivity index (χ4n) is 3.60. The van der Waals surface area contributed by atoms with Gasteiger partial charge in [-0.1, -0.05) is 64.2 Å². The van der Waals surface area contributed by atoms with Crippen LogP contribution < -0.4 is 5.73 Å². The van der Waals surface area contributed by atoms with Crippen LogP contribution in [0.25, 0.3) is 0 Å². The Hall–Kier alpha value is -0.820. The summed E-state index contributed by atoms with van der Waals surface area (Å²) in [7, 11) is 0. The molecule has 2 N–H and O–H groups in total. The first-order chi connectivity index (χ1) is 9.76. The lowest BCUT2D eigenvalue weighted by molar-refractivity contribution is 0.326. The molecule has 1 nitrogen and oxygen atoms in total. The van der Waals surface area contributed by atoms with Crippen molar-refractivity contribution in [2.45, 2.75) is 77.7 Å². The standard InChI is InChI=1S/C19H31N/c1-3-15-12-13-16(4-2)18(14-15)19(20)17-10-8-6-5-7-9-11-17/h12-14,17,19H,3-11,20H2,1-2H3. The van der Waals surface area contributed by atoms with Crippen LogP contribution in [0.15, 0.2) is 18.2 Å². The van der Waals surface area contributed by atoms with E-state index in [0.29, 0.717) is 5.92 Å². The van der Waals surface area contributed by atoms with Gasteiger partial charge in [0.05, 0.1) is 0 Å². The van der Waals surface area contributed by atoms with Crippen molar-refractivity contribution in [1.29, 1.82) is 0 Å².